The lowest BCUT2D eigenvalue weighted by molar-refractivity contribution is -0.124. The summed E-state index contributed by atoms with van der Waals surface area (Å²) in [6, 6.07) is 8.92. The molecular weight excluding hydrogens is 476 g/mol. The Kier molecular flexibility index (Phi) is 11.0. The predicted molar refractivity (Wildman–Crippen MR) is 129 cm³/mol. The number of hydrogen-bond donors (Lipinski definition) is 2. The van der Waals surface area contributed by atoms with E-state index in [1.165, 1.54) is 50.6 Å². The highest BCUT2D eigenvalue weighted by Crippen LogP contribution is 2.29. The van der Waals surface area contributed by atoms with E-state index in [0.717, 1.165) is 0 Å². The van der Waals surface area contributed by atoms with Crippen molar-refractivity contribution in [1.82, 2.24) is 10.6 Å². The lowest BCUT2D eigenvalue weighted by Crippen LogP contribution is -2.31. The van der Waals surface area contributed by atoms with Gasteiger partial charge in [-0.2, -0.15) is 0 Å². The van der Waals surface area contributed by atoms with Gasteiger partial charge in [0, 0.05) is 27.3 Å². The standard InChI is InChI=1S/C24H32N2O8S/c1-17-13-19(5-7-21(17)33-15-23(27)25-9-11-31-3)35(29,30)20-6-8-22(18(2)14-20)34-16-24(28)26-10-12-32-4/h5-8,13-14H,9-12,15-16H2,1-4H3,(H,25,27)(H,26,28). The van der Waals surface area contributed by atoms with E-state index in [2.05, 4.69) is 10.6 Å². The second kappa shape index (κ2) is 13.7. The van der Waals surface area contributed by atoms with Gasteiger partial charge in [0.15, 0.2) is 13.2 Å². The Morgan fingerprint density at radius 3 is 1.49 bits per heavy atom. The smallest absolute Gasteiger partial charge is 0.258 e. The van der Waals surface area contributed by atoms with Gasteiger partial charge in [-0.3, -0.25) is 9.59 Å². The summed E-state index contributed by atoms with van der Waals surface area (Å²) in [6.45, 7) is 4.57. The van der Waals surface area contributed by atoms with E-state index in [0.29, 0.717) is 48.9 Å². The fraction of sp³-hybridized carbons (Fsp3) is 0.417. The Labute approximate surface area is 205 Å². The second-order valence-electron chi connectivity index (χ2n) is 7.62. The van der Waals surface area contributed by atoms with E-state index in [1.54, 1.807) is 13.8 Å². The molecule has 0 unspecified atom stereocenters. The second-order valence-corrected chi connectivity index (χ2v) is 9.57. The fourth-order valence-electron chi connectivity index (χ4n) is 3.01. The van der Waals surface area contributed by atoms with E-state index in [-0.39, 0.29) is 34.8 Å². The molecule has 2 aromatic rings. The van der Waals surface area contributed by atoms with Crippen molar-refractivity contribution in [2.75, 3.05) is 53.7 Å². The summed E-state index contributed by atoms with van der Waals surface area (Å²) in [5, 5.41) is 5.29. The maximum absolute atomic E-state index is 13.2. The van der Waals surface area contributed by atoms with Crippen molar-refractivity contribution >= 4 is 21.7 Å². The average Bonchev–Trinajstić information content (AvgIpc) is 2.82. The molecule has 0 atom stereocenters. The van der Waals surface area contributed by atoms with E-state index >= 15 is 0 Å². The predicted octanol–water partition coefficient (Wildman–Crippen LogP) is 1.42. The number of carbonyl (C=O) groups excluding carboxylic acids is 2. The van der Waals surface area contributed by atoms with Crippen LogP contribution < -0.4 is 20.1 Å². The average molecular weight is 509 g/mol. The Morgan fingerprint density at radius 2 is 1.14 bits per heavy atom. The van der Waals surface area contributed by atoms with Crippen molar-refractivity contribution in [2.45, 2.75) is 23.6 Å². The zero-order valence-electron chi connectivity index (χ0n) is 20.4. The van der Waals surface area contributed by atoms with Gasteiger partial charge in [0.2, 0.25) is 9.84 Å². The van der Waals surface area contributed by atoms with Crippen molar-refractivity contribution in [1.29, 1.82) is 0 Å². The molecule has 0 heterocycles. The number of sulfone groups is 1. The fourth-order valence-corrected chi connectivity index (χ4v) is 4.44. The van der Waals surface area contributed by atoms with Crippen LogP contribution in [0, 0.1) is 13.8 Å². The third kappa shape index (κ3) is 8.53. The maximum Gasteiger partial charge on any atom is 0.258 e. The topological polar surface area (TPSA) is 129 Å². The van der Waals surface area contributed by atoms with E-state index in [9.17, 15) is 18.0 Å². The molecule has 0 saturated carbocycles. The van der Waals surface area contributed by atoms with Gasteiger partial charge < -0.3 is 29.6 Å². The van der Waals surface area contributed by atoms with Gasteiger partial charge in [-0.1, -0.05) is 0 Å². The van der Waals surface area contributed by atoms with Crippen LogP contribution in [0.3, 0.4) is 0 Å². The first-order valence-electron chi connectivity index (χ1n) is 10.9. The van der Waals surface area contributed by atoms with Gasteiger partial charge in [0.25, 0.3) is 11.8 Å². The highest BCUT2D eigenvalue weighted by molar-refractivity contribution is 7.91. The summed E-state index contributed by atoms with van der Waals surface area (Å²) in [5.74, 6) is 0.218. The molecule has 0 bridgehead atoms. The molecule has 35 heavy (non-hydrogen) atoms. The van der Waals surface area contributed by atoms with Crippen molar-refractivity contribution in [3.05, 3.63) is 47.5 Å². The largest absolute Gasteiger partial charge is 0.484 e. The van der Waals surface area contributed by atoms with E-state index in [4.69, 9.17) is 18.9 Å². The lowest BCUT2D eigenvalue weighted by atomic mass is 10.2. The summed E-state index contributed by atoms with van der Waals surface area (Å²) >= 11 is 0. The molecule has 0 saturated heterocycles. The van der Waals surface area contributed by atoms with Crippen LogP contribution in [-0.2, 0) is 28.9 Å². The number of benzene rings is 2. The Balaban J connectivity index is 2.04. The van der Waals surface area contributed by atoms with Crippen LogP contribution in [-0.4, -0.2) is 74.0 Å². The van der Waals surface area contributed by atoms with Crippen molar-refractivity contribution < 1.29 is 37.0 Å². The number of aryl methyl sites for hydroxylation is 2. The number of methoxy groups -OCH3 is 2. The first kappa shape index (κ1) is 28.1. The maximum atomic E-state index is 13.2. The van der Waals surface area contributed by atoms with Crippen LogP contribution in [0.15, 0.2) is 46.2 Å². The van der Waals surface area contributed by atoms with Crippen LogP contribution in [0.2, 0.25) is 0 Å². The van der Waals surface area contributed by atoms with Gasteiger partial charge in [-0.05, 0) is 61.4 Å². The first-order valence-corrected chi connectivity index (χ1v) is 12.4. The Bertz CT molecular complexity index is 1040. The summed E-state index contributed by atoms with van der Waals surface area (Å²) in [4.78, 5) is 23.8. The molecule has 0 aliphatic heterocycles. The molecular formula is C24H32N2O8S. The Morgan fingerprint density at radius 1 is 0.743 bits per heavy atom. The third-order valence-electron chi connectivity index (χ3n) is 4.89. The number of rotatable bonds is 14. The number of hydrogen-bond acceptors (Lipinski definition) is 8. The SMILES string of the molecule is COCCNC(=O)COc1ccc(S(=O)(=O)c2ccc(OCC(=O)NCCOC)c(C)c2)cc1C. The normalized spacial score (nSPS) is 11.1. The number of ether oxygens (including phenoxy) is 4. The number of amides is 2. The van der Waals surface area contributed by atoms with Crippen molar-refractivity contribution in [3.63, 3.8) is 0 Å². The molecule has 11 heteroatoms. The van der Waals surface area contributed by atoms with Crippen molar-refractivity contribution in [3.8, 4) is 11.5 Å². The van der Waals surface area contributed by atoms with Crippen LogP contribution in [0.5, 0.6) is 11.5 Å². The summed E-state index contributed by atoms with van der Waals surface area (Å²) in [7, 11) is -0.728. The molecule has 0 aliphatic carbocycles. The minimum absolute atomic E-state index is 0.0949. The first-order chi connectivity index (χ1) is 16.7. The van der Waals surface area contributed by atoms with Gasteiger partial charge in [0.05, 0.1) is 23.0 Å². The number of nitrogens with one attached hydrogen (secondary N) is 2. The van der Waals surface area contributed by atoms with Crippen LogP contribution in [0.25, 0.3) is 0 Å². The molecule has 2 amide bonds. The molecule has 2 N–H and O–H groups in total. The molecule has 0 aromatic heterocycles. The van der Waals surface area contributed by atoms with Crippen molar-refractivity contribution in [2.24, 2.45) is 0 Å². The highest BCUT2D eigenvalue weighted by Gasteiger charge is 2.20. The minimum Gasteiger partial charge on any atom is -0.484 e. The quantitative estimate of drug-likeness (QED) is 0.367. The zero-order valence-corrected chi connectivity index (χ0v) is 21.2. The monoisotopic (exact) mass is 508 g/mol. The van der Waals surface area contributed by atoms with E-state index in [1.807, 2.05) is 0 Å². The molecule has 2 aromatic carbocycles. The van der Waals surface area contributed by atoms with E-state index < -0.39 is 9.84 Å². The van der Waals surface area contributed by atoms with Gasteiger partial charge >= 0.3 is 0 Å². The molecule has 0 fully saturated rings. The summed E-state index contributed by atoms with van der Waals surface area (Å²) in [5.41, 5.74) is 1.15. The number of carbonyl (C=O) groups is 2. The minimum atomic E-state index is -3.81. The van der Waals surface area contributed by atoms with Gasteiger partial charge in [-0.25, -0.2) is 8.42 Å². The molecule has 10 nitrogen and oxygen atoms in total. The van der Waals surface area contributed by atoms with Gasteiger partial charge in [-0.15, -0.1) is 0 Å². The summed E-state index contributed by atoms with van der Waals surface area (Å²) < 4.78 is 47.1. The summed E-state index contributed by atoms with van der Waals surface area (Å²) in [6.07, 6.45) is 0. The molecule has 0 spiro atoms. The third-order valence-corrected chi connectivity index (χ3v) is 6.64. The Hall–Kier alpha value is -3.15. The molecule has 0 aliphatic rings. The molecule has 192 valence electrons. The lowest BCUT2D eigenvalue weighted by Gasteiger charge is -2.13. The molecule has 0 radical (unpaired) electrons. The zero-order chi connectivity index (χ0) is 25.8. The van der Waals surface area contributed by atoms with Crippen LogP contribution in [0.1, 0.15) is 11.1 Å². The van der Waals surface area contributed by atoms with Crippen LogP contribution >= 0.6 is 0 Å². The molecule has 2 rings (SSSR count). The highest BCUT2D eigenvalue weighted by atomic mass is 32.2. The van der Waals surface area contributed by atoms with Gasteiger partial charge in [0.1, 0.15) is 11.5 Å². The van der Waals surface area contributed by atoms with Crippen LogP contribution in [0.4, 0.5) is 0 Å².